The summed E-state index contributed by atoms with van der Waals surface area (Å²) in [6.07, 6.45) is 0. The van der Waals surface area contributed by atoms with E-state index in [1.165, 1.54) is 0 Å². The quantitative estimate of drug-likeness (QED) is 0.682. The molecule has 0 radical (unpaired) electrons. The van der Waals surface area contributed by atoms with Crippen LogP contribution in [-0.4, -0.2) is 17.2 Å². The molecule has 0 saturated carbocycles. The first kappa shape index (κ1) is 12.0. The molecule has 0 aliphatic rings. The van der Waals surface area contributed by atoms with Crippen molar-refractivity contribution in [3.63, 3.8) is 0 Å². The van der Waals surface area contributed by atoms with E-state index in [-0.39, 0.29) is 0 Å². The topological polar surface area (TPSA) is 40.5 Å². The summed E-state index contributed by atoms with van der Waals surface area (Å²) in [4.78, 5) is 0. The lowest BCUT2D eigenvalue weighted by atomic mass is 9.74. The molecule has 3 aromatic rings. The summed E-state index contributed by atoms with van der Waals surface area (Å²) < 4.78 is 0. The Hall–Kier alpha value is -2.10. The first-order valence-corrected chi connectivity index (χ1v) is 6.20. The molecule has 0 spiro atoms. The van der Waals surface area contributed by atoms with Crippen LogP contribution in [0.4, 0.5) is 0 Å². The SMILES string of the molecule is OB(O)c1ccc2ccccc2c1-c1ccccc1. The van der Waals surface area contributed by atoms with Gasteiger partial charge in [0, 0.05) is 0 Å². The monoisotopic (exact) mass is 248 g/mol. The zero-order valence-electron chi connectivity index (χ0n) is 10.3. The highest BCUT2D eigenvalue weighted by Crippen LogP contribution is 2.27. The highest BCUT2D eigenvalue weighted by atomic mass is 16.4. The van der Waals surface area contributed by atoms with E-state index in [1.807, 2.05) is 60.7 Å². The van der Waals surface area contributed by atoms with Gasteiger partial charge in [0.25, 0.3) is 0 Å². The average Bonchev–Trinajstić information content (AvgIpc) is 2.46. The highest BCUT2D eigenvalue weighted by Gasteiger charge is 2.18. The van der Waals surface area contributed by atoms with Crippen molar-refractivity contribution in [2.45, 2.75) is 0 Å². The summed E-state index contributed by atoms with van der Waals surface area (Å²) in [6, 6.07) is 21.5. The largest absolute Gasteiger partial charge is 0.489 e. The summed E-state index contributed by atoms with van der Waals surface area (Å²) in [5.41, 5.74) is 2.40. The van der Waals surface area contributed by atoms with E-state index in [0.29, 0.717) is 5.46 Å². The molecule has 0 amide bonds. The fourth-order valence-corrected chi connectivity index (χ4v) is 2.43. The van der Waals surface area contributed by atoms with Crippen molar-refractivity contribution in [2.75, 3.05) is 0 Å². The molecule has 19 heavy (non-hydrogen) atoms. The maximum Gasteiger partial charge on any atom is 0.489 e. The molecular weight excluding hydrogens is 235 g/mol. The van der Waals surface area contributed by atoms with Crippen LogP contribution in [0.1, 0.15) is 0 Å². The van der Waals surface area contributed by atoms with Crippen molar-refractivity contribution in [3.8, 4) is 11.1 Å². The molecule has 2 nitrogen and oxygen atoms in total. The Morgan fingerprint density at radius 1 is 0.684 bits per heavy atom. The van der Waals surface area contributed by atoms with Gasteiger partial charge in [-0.2, -0.15) is 0 Å². The van der Waals surface area contributed by atoms with Crippen LogP contribution < -0.4 is 5.46 Å². The standard InChI is InChI=1S/C16H13BO2/c18-17(19)15-11-10-12-6-4-5-9-14(12)16(15)13-7-2-1-3-8-13/h1-11,18-19H. The Bertz CT molecular complexity index is 708. The van der Waals surface area contributed by atoms with E-state index in [0.717, 1.165) is 21.9 Å². The van der Waals surface area contributed by atoms with E-state index >= 15 is 0 Å². The highest BCUT2D eigenvalue weighted by molar-refractivity contribution is 6.61. The van der Waals surface area contributed by atoms with Gasteiger partial charge in [-0.1, -0.05) is 66.7 Å². The minimum absolute atomic E-state index is 0.532. The molecule has 0 saturated heterocycles. The normalized spacial score (nSPS) is 10.6. The number of rotatable bonds is 2. The Labute approximate surface area is 112 Å². The molecule has 2 N–H and O–H groups in total. The van der Waals surface area contributed by atoms with E-state index in [4.69, 9.17) is 0 Å². The number of hydrogen-bond donors (Lipinski definition) is 2. The van der Waals surface area contributed by atoms with E-state index in [9.17, 15) is 10.0 Å². The second-order valence-electron chi connectivity index (χ2n) is 4.49. The molecule has 0 heterocycles. The molecule has 0 unspecified atom stereocenters. The van der Waals surface area contributed by atoms with Gasteiger partial charge in [-0.25, -0.2) is 0 Å². The third-order valence-corrected chi connectivity index (χ3v) is 3.30. The number of fused-ring (bicyclic) bond motifs is 1. The molecule has 0 atom stereocenters. The Morgan fingerprint density at radius 2 is 1.37 bits per heavy atom. The Morgan fingerprint density at radius 3 is 2.11 bits per heavy atom. The molecule has 0 aliphatic heterocycles. The molecule has 3 rings (SSSR count). The molecule has 92 valence electrons. The molecule has 3 aromatic carbocycles. The van der Waals surface area contributed by atoms with Crippen LogP contribution in [0, 0.1) is 0 Å². The van der Waals surface area contributed by atoms with Gasteiger partial charge in [-0.3, -0.25) is 0 Å². The van der Waals surface area contributed by atoms with Crippen molar-refractivity contribution in [1.29, 1.82) is 0 Å². The number of benzene rings is 3. The van der Waals surface area contributed by atoms with Crippen LogP contribution in [0.15, 0.2) is 66.7 Å². The molecule has 0 aliphatic carbocycles. The molecule has 0 fully saturated rings. The van der Waals surface area contributed by atoms with Gasteiger partial charge < -0.3 is 10.0 Å². The predicted octanol–water partition coefficient (Wildman–Crippen LogP) is 2.19. The van der Waals surface area contributed by atoms with Gasteiger partial charge in [-0.15, -0.1) is 0 Å². The van der Waals surface area contributed by atoms with Crippen LogP contribution >= 0.6 is 0 Å². The minimum Gasteiger partial charge on any atom is -0.423 e. The average molecular weight is 248 g/mol. The van der Waals surface area contributed by atoms with Crippen molar-refractivity contribution in [3.05, 3.63) is 66.7 Å². The van der Waals surface area contributed by atoms with Crippen LogP contribution in [0.5, 0.6) is 0 Å². The van der Waals surface area contributed by atoms with Crippen molar-refractivity contribution < 1.29 is 10.0 Å². The van der Waals surface area contributed by atoms with Gasteiger partial charge in [0.1, 0.15) is 0 Å². The van der Waals surface area contributed by atoms with E-state index in [1.54, 1.807) is 6.07 Å². The van der Waals surface area contributed by atoms with Gasteiger partial charge >= 0.3 is 7.12 Å². The Kier molecular flexibility index (Phi) is 3.07. The summed E-state index contributed by atoms with van der Waals surface area (Å²) >= 11 is 0. The zero-order chi connectivity index (χ0) is 13.2. The lowest BCUT2D eigenvalue weighted by Gasteiger charge is -2.13. The maximum atomic E-state index is 9.58. The van der Waals surface area contributed by atoms with Gasteiger partial charge in [-0.05, 0) is 27.4 Å². The summed E-state index contributed by atoms with van der Waals surface area (Å²) in [5, 5.41) is 21.3. The fourth-order valence-electron chi connectivity index (χ4n) is 2.43. The van der Waals surface area contributed by atoms with Crippen molar-refractivity contribution in [2.24, 2.45) is 0 Å². The Balaban J connectivity index is 2.39. The molecule has 3 heteroatoms. The van der Waals surface area contributed by atoms with Crippen molar-refractivity contribution >= 4 is 23.4 Å². The van der Waals surface area contributed by atoms with Crippen LogP contribution in [0.3, 0.4) is 0 Å². The first-order valence-electron chi connectivity index (χ1n) is 6.20. The van der Waals surface area contributed by atoms with Crippen LogP contribution in [0.25, 0.3) is 21.9 Å². The summed E-state index contributed by atoms with van der Waals surface area (Å²) in [7, 11) is -1.47. The summed E-state index contributed by atoms with van der Waals surface area (Å²) in [5.74, 6) is 0. The second-order valence-corrected chi connectivity index (χ2v) is 4.49. The van der Waals surface area contributed by atoms with Gasteiger partial charge in [0.2, 0.25) is 0 Å². The van der Waals surface area contributed by atoms with E-state index < -0.39 is 7.12 Å². The second kappa shape index (κ2) is 4.88. The fraction of sp³-hybridized carbons (Fsp3) is 0. The molecule has 0 bridgehead atoms. The maximum absolute atomic E-state index is 9.58. The van der Waals surface area contributed by atoms with Gasteiger partial charge in [0.15, 0.2) is 0 Å². The third kappa shape index (κ3) is 2.14. The minimum atomic E-state index is -1.47. The van der Waals surface area contributed by atoms with Gasteiger partial charge in [0.05, 0.1) is 0 Å². The predicted molar refractivity (Wildman–Crippen MR) is 79.2 cm³/mol. The number of hydrogen-bond acceptors (Lipinski definition) is 2. The lowest BCUT2D eigenvalue weighted by Crippen LogP contribution is -2.31. The van der Waals surface area contributed by atoms with E-state index in [2.05, 4.69) is 0 Å². The van der Waals surface area contributed by atoms with Crippen LogP contribution in [0.2, 0.25) is 0 Å². The smallest absolute Gasteiger partial charge is 0.423 e. The third-order valence-electron chi connectivity index (χ3n) is 3.30. The van der Waals surface area contributed by atoms with Crippen molar-refractivity contribution in [1.82, 2.24) is 0 Å². The molecule has 0 aromatic heterocycles. The first-order chi connectivity index (χ1) is 9.27. The summed E-state index contributed by atoms with van der Waals surface area (Å²) in [6.45, 7) is 0. The zero-order valence-corrected chi connectivity index (χ0v) is 10.3. The lowest BCUT2D eigenvalue weighted by molar-refractivity contribution is 0.426. The van der Waals surface area contributed by atoms with Crippen LogP contribution in [-0.2, 0) is 0 Å². The molecular formula is C16H13BO2.